The van der Waals surface area contributed by atoms with E-state index in [1.807, 2.05) is 65.5 Å². The van der Waals surface area contributed by atoms with Crippen LogP contribution >= 0.6 is 0 Å². The lowest BCUT2D eigenvalue weighted by molar-refractivity contribution is 0.793. The molecule has 6 nitrogen and oxygen atoms in total. The van der Waals surface area contributed by atoms with Gasteiger partial charge in [0.1, 0.15) is 0 Å². The maximum Gasteiger partial charge on any atom is 0.241 e. The van der Waals surface area contributed by atoms with Gasteiger partial charge in [-0.15, -0.1) is 0 Å². The van der Waals surface area contributed by atoms with Crippen LogP contribution < -0.4 is 9.80 Å². The molecule has 0 unspecified atom stereocenters. The van der Waals surface area contributed by atoms with E-state index in [2.05, 4.69) is 47.9 Å². The molecule has 2 heterocycles. The van der Waals surface area contributed by atoms with Crippen molar-refractivity contribution in [2.45, 2.75) is 13.8 Å². The lowest BCUT2D eigenvalue weighted by Crippen LogP contribution is -2.26. The molecule has 0 saturated heterocycles. The third-order valence-corrected chi connectivity index (χ3v) is 4.71. The predicted octanol–water partition coefficient (Wildman–Crippen LogP) is 4.98. The number of hydrogen-bond acceptors (Lipinski definition) is 5. The first-order chi connectivity index (χ1) is 14.3. The first kappa shape index (κ1) is 18.7. The van der Waals surface area contributed by atoms with Gasteiger partial charge < -0.3 is 4.90 Å². The average Bonchev–Trinajstić information content (AvgIpc) is 3.31. The molecule has 2 aromatic carbocycles. The highest BCUT2D eigenvalue weighted by atomic mass is 15.4. The van der Waals surface area contributed by atoms with E-state index in [1.54, 1.807) is 0 Å². The molecule has 4 rings (SSSR count). The zero-order chi connectivity index (χ0) is 20.1. The summed E-state index contributed by atoms with van der Waals surface area (Å²) in [5, 5.41) is 0. The third-order valence-electron chi connectivity index (χ3n) is 4.71. The number of anilines is 4. The summed E-state index contributed by atoms with van der Waals surface area (Å²) in [5.74, 6) is 1.85. The molecule has 0 bridgehead atoms. The fourth-order valence-electron chi connectivity index (χ4n) is 3.21. The van der Waals surface area contributed by atoms with Gasteiger partial charge in [0.15, 0.2) is 0 Å². The summed E-state index contributed by atoms with van der Waals surface area (Å²) in [6.45, 7) is 5.85. The van der Waals surface area contributed by atoms with E-state index in [-0.39, 0.29) is 0 Å². The molecule has 2 aromatic heterocycles. The average molecular weight is 384 g/mol. The van der Waals surface area contributed by atoms with Gasteiger partial charge in [-0.25, -0.2) is 0 Å². The Kier molecular flexibility index (Phi) is 5.52. The number of aromatic nitrogens is 4. The molecule has 29 heavy (non-hydrogen) atoms. The summed E-state index contributed by atoms with van der Waals surface area (Å²) in [6.07, 6.45) is 3.89. The van der Waals surface area contributed by atoms with E-state index in [1.165, 1.54) is 0 Å². The van der Waals surface area contributed by atoms with Crippen molar-refractivity contribution < 1.29 is 0 Å². The second-order valence-electron chi connectivity index (χ2n) is 6.50. The van der Waals surface area contributed by atoms with Crippen LogP contribution in [-0.2, 0) is 0 Å². The van der Waals surface area contributed by atoms with E-state index in [0.717, 1.165) is 24.5 Å². The van der Waals surface area contributed by atoms with Crippen LogP contribution in [0.25, 0.3) is 5.95 Å². The molecule has 0 amide bonds. The zero-order valence-corrected chi connectivity index (χ0v) is 16.7. The van der Waals surface area contributed by atoms with Crippen LogP contribution in [-0.4, -0.2) is 32.6 Å². The van der Waals surface area contributed by atoms with Gasteiger partial charge in [0.05, 0.1) is 0 Å². The van der Waals surface area contributed by atoms with Gasteiger partial charge in [-0.3, -0.25) is 9.47 Å². The monoisotopic (exact) mass is 384 g/mol. The Morgan fingerprint density at radius 3 is 1.69 bits per heavy atom. The van der Waals surface area contributed by atoms with Crippen LogP contribution in [0, 0.1) is 0 Å². The van der Waals surface area contributed by atoms with Gasteiger partial charge in [-0.2, -0.15) is 15.0 Å². The molecule has 0 saturated carbocycles. The summed E-state index contributed by atoms with van der Waals surface area (Å²) < 4.78 is 1.91. The topological polar surface area (TPSA) is 50.1 Å². The largest absolute Gasteiger partial charge is 0.341 e. The summed E-state index contributed by atoms with van der Waals surface area (Å²) >= 11 is 0. The molecule has 0 spiro atoms. The zero-order valence-electron chi connectivity index (χ0n) is 16.7. The number of para-hydroxylation sites is 2. The van der Waals surface area contributed by atoms with Crippen LogP contribution in [0.15, 0.2) is 85.2 Å². The molecular weight excluding hydrogens is 360 g/mol. The van der Waals surface area contributed by atoms with Gasteiger partial charge in [-0.05, 0) is 50.2 Å². The van der Waals surface area contributed by atoms with E-state index >= 15 is 0 Å². The molecule has 0 aliphatic carbocycles. The highest BCUT2D eigenvalue weighted by molar-refractivity contribution is 5.73. The number of nitrogens with zero attached hydrogens (tertiary/aromatic N) is 6. The Bertz CT molecular complexity index is 988. The molecule has 0 fully saturated rings. The van der Waals surface area contributed by atoms with Crippen LogP contribution in [0.4, 0.5) is 23.3 Å². The third kappa shape index (κ3) is 3.96. The maximum absolute atomic E-state index is 4.85. The van der Waals surface area contributed by atoms with E-state index in [4.69, 9.17) is 15.0 Å². The Morgan fingerprint density at radius 1 is 0.655 bits per heavy atom. The minimum absolute atomic E-state index is 0.586. The minimum Gasteiger partial charge on any atom is -0.341 e. The summed E-state index contributed by atoms with van der Waals surface area (Å²) in [6, 6.07) is 24.3. The van der Waals surface area contributed by atoms with Gasteiger partial charge in [0, 0.05) is 36.9 Å². The lowest BCUT2D eigenvalue weighted by Gasteiger charge is -2.25. The SMILES string of the molecule is CCN(CC)c1nc(N(c2ccccc2)c2ccccc2)nc(-n2cccc2)n1. The van der Waals surface area contributed by atoms with Crippen LogP contribution in [0.1, 0.15) is 13.8 Å². The summed E-state index contributed by atoms with van der Waals surface area (Å²) in [7, 11) is 0. The molecular formula is C23H24N6. The van der Waals surface area contributed by atoms with Gasteiger partial charge >= 0.3 is 0 Å². The first-order valence-electron chi connectivity index (χ1n) is 9.84. The van der Waals surface area contributed by atoms with Crippen LogP contribution in [0.5, 0.6) is 0 Å². The number of rotatable bonds is 7. The molecule has 6 heteroatoms. The Hall–Kier alpha value is -3.67. The highest BCUT2D eigenvalue weighted by Crippen LogP contribution is 2.32. The number of hydrogen-bond donors (Lipinski definition) is 0. The van der Waals surface area contributed by atoms with E-state index < -0.39 is 0 Å². The van der Waals surface area contributed by atoms with Gasteiger partial charge in [-0.1, -0.05) is 36.4 Å². The smallest absolute Gasteiger partial charge is 0.241 e. The predicted molar refractivity (Wildman–Crippen MR) is 117 cm³/mol. The Labute approximate surface area is 171 Å². The fraction of sp³-hybridized carbons (Fsp3) is 0.174. The minimum atomic E-state index is 0.586. The fourth-order valence-corrected chi connectivity index (χ4v) is 3.21. The second kappa shape index (κ2) is 8.56. The van der Waals surface area contributed by atoms with Crippen molar-refractivity contribution in [3.8, 4) is 5.95 Å². The normalized spacial score (nSPS) is 10.7. The van der Waals surface area contributed by atoms with Gasteiger partial charge in [0.25, 0.3) is 0 Å². The van der Waals surface area contributed by atoms with Crippen molar-refractivity contribution >= 4 is 23.3 Å². The maximum atomic E-state index is 4.85. The van der Waals surface area contributed by atoms with Crippen molar-refractivity contribution in [3.63, 3.8) is 0 Å². The van der Waals surface area contributed by atoms with Gasteiger partial charge in [0.2, 0.25) is 17.8 Å². The second-order valence-corrected chi connectivity index (χ2v) is 6.50. The van der Waals surface area contributed by atoms with E-state index in [9.17, 15) is 0 Å². The highest BCUT2D eigenvalue weighted by Gasteiger charge is 2.19. The summed E-state index contributed by atoms with van der Waals surface area (Å²) in [4.78, 5) is 18.6. The van der Waals surface area contributed by atoms with Crippen LogP contribution in [0.3, 0.4) is 0 Å². The molecule has 0 atom stereocenters. The van der Waals surface area contributed by atoms with Crippen molar-refractivity contribution in [1.29, 1.82) is 0 Å². The standard InChI is InChI=1S/C23H24N6/c1-3-27(4-2)21-24-22(28-17-11-12-18-28)26-23(25-21)29(19-13-7-5-8-14-19)20-15-9-6-10-16-20/h5-18H,3-4H2,1-2H3. The van der Waals surface area contributed by atoms with Crippen molar-refractivity contribution in [2.75, 3.05) is 22.9 Å². The van der Waals surface area contributed by atoms with E-state index in [0.29, 0.717) is 17.8 Å². The molecule has 4 aromatic rings. The van der Waals surface area contributed by atoms with Crippen LogP contribution in [0.2, 0.25) is 0 Å². The molecule has 0 radical (unpaired) electrons. The Morgan fingerprint density at radius 2 is 1.17 bits per heavy atom. The lowest BCUT2D eigenvalue weighted by atomic mass is 10.2. The quantitative estimate of drug-likeness (QED) is 0.450. The van der Waals surface area contributed by atoms with Crippen molar-refractivity contribution in [1.82, 2.24) is 19.5 Å². The van der Waals surface area contributed by atoms with Crippen molar-refractivity contribution in [3.05, 3.63) is 85.2 Å². The molecule has 0 aliphatic heterocycles. The molecule has 146 valence electrons. The molecule has 0 N–H and O–H groups in total. The number of benzene rings is 2. The summed E-state index contributed by atoms with van der Waals surface area (Å²) in [5.41, 5.74) is 1.99. The van der Waals surface area contributed by atoms with Crippen molar-refractivity contribution in [2.24, 2.45) is 0 Å². The first-order valence-corrected chi connectivity index (χ1v) is 9.84. The molecule has 0 aliphatic rings. The Balaban J connectivity index is 1.92.